The normalized spacial score (nSPS) is 11.8. The fraction of sp³-hybridized carbons (Fsp3) is 0.409. The van der Waals surface area contributed by atoms with Crippen LogP contribution in [0, 0.1) is 0 Å². The molecule has 0 aliphatic carbocycles. The Hall–Kier alpha value is -2.16. The Kier molecular flexibility index (Phi) is 8.07. The molecule has 162 valence electrons. The third-order valence-electron chi connectivity index (χ3n) is 4.85. The maximum atomic E-state index is 12.3. The molecule has 0 saturated heterocycles. The minimum absolute atomic E-state index is 0.00151. The molecule has 0 radical (unpaired) electrons. The van der Waals surface area contributed by atoms with E-state index in [1.165, 1.54) is 16.9 Å². The third-order valence-corrected chi connectivity index (χ3v) is 7.53. The molecular weight excluding hydrogens is 420 g/mol. The summed E-state index contributed by atoms with van der Waals surface area (Å²) >= 11 is 1.21. The van der Waals surface area contributed by atoms with Gasteiger partial charge in [-0.05, 0) is 37.5 Å². The van der Waals surface area contributed by atoms with Crippen molar-refractivity contribution in [3.63, 3.8) is 0 Å². The fourth-order valence-corrected chi connectivity index (χ4v) is 5.47. The first-order valence-electron chi connectivity index (χ1n) is 10.2. The van der Waals surface area contributed by atoms with Gasteiger partial charge in [0.15, 0.2) is 9.84 Å². The van der Waals surface area contributed by atoms with Gasteiger partial charge in [0, 0.05) is 19.7 Å². The van der Waals surface area contributed by atoms with Gasteiger partial charge in [-0.1, -0.05) is 47.7 Å². The summed E-state index contributed by atoms with van der Waals surface area (Å²) in [5, 5.41) is 3.20. The molecule has 0 fully saturated rings. The Bertz CT molecular complexity index is 1110. The predicted octanol–water partition coefficient (Wildman–Crippen LogP) is 3.56. The van der Waals surface area contributed by atoms with E-state index in [-0.39, 0.29) is 16.4 Å². The largest absolute Gasteiger partial charge is 0.382 e. The number of aromatic nitrogens is 1. The van der Waals surface area contributed by atoms with Crippen molar-refractivity contribution in [1.29, 1.82) is 0 Å². The van der Waals surface area contributed by atoms with Crippen LogP contribution in [-0.2, 0) is 27.5 Å². The van der Waals surface area contributed by atoms with Crippen LogP contribution >= 0.6 is 11.3 Å². The van der Waals surface area contributed by atoms with Crippen LogP contribution in [0.4, 0.5) is 5.69 Å². The summed E-state index contributed by atoms with van der Waals surface area (Å²) in [7, 11) is -3.16. The van der Waals surface area contributed by atoms with Crippen LogP contribution in [0.1, 0.15) is 18.9 Å². The Morgan fingerprint density at radius 2 is 1.83 bits per heavy atom. The number of ether oxygens (including phenoxy) is 1. The number of nitrogens with zero attached hydrogens (tertiary/aromatic N) is 1. The molecule has 0 saturated carbocycles. The van der Waals surface area contributed by atoms with Gasteiger partial charge in [-0.2, -0.15) is 0 Å². The molecule has 30 heavy (non-hydrogen) atoms. The number of nitrogens with one attached hydrogen (secondary N) is 1. The minimum atomic E-state index is -3.16. The molecule has 0 amide bonds. The highest BCUT2D eigenvalue weighted by molar-refractivity contribution is 7.91. The van der Waals surface area contributed by atoms with Crippen LogP contribution < -0.4 is 10.2 Å². The highest BCUT2D eigenvalue weighted by atomic mass is 32.2. The Labute approximate surface area is 181 Å². The highest BCUT2D eigenvalue weighted by Crippen LogP contribution is 2.25. The Balaban J connectivity index is 1.41. The number of fused-ring (bicyclic) bond motifs is 1. The van der Waals surface area contributed by atoms with E-state index in [2.05, 4.69) is 17.4 Å². The van der Waals surface area contributed by atoms with Gasteiger partial charge in [-0.15, -0.1) is 0 Å². The molecule has 0 spiro atoms. The number of sulfone groups is 1. The first-order valence-corrected chi connectivity index (χ1v) is 12.8. The van der Waals surface area contributed by atoms with Gasteiger partial charge >= 0.3 is 4.87 Å². The van der Waals surface area contributed by atoms with Crippen LogP contribution in [-0.4, -0.2) is 44.2 Å². The maximum Gasteiger partial charge on any atom is 0.308 e. The summed E-state index contributed by atoms with van der Waals surface area (Å²) in [4.78, 5) is 12.1. The molecule has 0 unspecified atom stereocenters. The van der Waals surface area contributed by atoms with Gasteiger partial charge in [-0.25, -0.2) is 8.42 Å². The van der Waals surface area contributed by atoms with E-state index in [1.54, 1.807) is 4.57 Å². The maximum absolute atomic E-state index is 12.3. The molecule has 0 aliphatic rings. The van der Waals surface area contributed by atoms with Crippen LogP contribution in [0.15, 0.2) is 53.3 Å². The molecule has 6 nitrogen and oxygen atoms in total. The first-order chi connectivity index (χ1) is 14.5. The van der Waals surface area contributed by atoms with Crippen molar-refractivity contribution in [2.75, 3.05) is 36.6 Å². The summed E-state index contributed by atoms with van der Waals surface area (Å²) in [6.45, 7) is 3.85. The van der Waals surface area contributed by atoms with Crippen LogP contribution in [0.3, 0.4) is 0 Å². The van der Waals surface area contributed by atoms with Crippen molar-refractivity contribution < 1.29 is 13.2 Å². The number of thiazole rings is 1. The fourth-order valence-electron chi connectivity index (χ4n) is 3.31. The lowest BCUT2D eigenvalue weighted by molar-refractivity contribution is 0.138. The smallest absolute Gasteiger partial charge is 0.308 e. The van der Waals surface area contributed by atoms with E-state index >= 15 is 0 Å². The molecule has 8 heteroatoms. The van der Waals surface area contributed by atoms with Crippen molar-refractivity contribution in [2.45, 2.75) is 26.3 Å². The van der Waals surface area contributed by atoms with Crippen LogP contribution in [0.5, 0.6) is 0 Å². The van der Waals surface area contributed by atoms with Crippen molar-refractivity contribution >= 4 is 37.1 Å². The quantitative estimate of drug-likeness (QED) is 0.429. The Morgan fingerprint density at radius 1 is 1.03 bits per heavy atom. The van der Waals surface area contributed by atoms with Crippen molar-refractivity contribution in [3.05, 3.63) is 63.8 Å². The summed E-state index contributed by atoms with van der Waals surface area (Å²) < 4.78 is 32.8. The number of hydrogen-bond acceptors (Lipinski definition) is 6. The van der Waals surface area contributed by atoms with E-state index in [0.29, 0.717) is 32.7 Å². The second-order valence-electron chi connectivity index (χ2n) is 7.04. The molecule has 0 bridgehead atoms. The van der Waals surface area contributed by atoms with Gasteiger partial charge in [0.1, 0.15) is 0 Å². The van der Waals surface area contributed by atoms with Crippen LogP contribution in [0.2, 0.25) is 0 Å². The topological polar surface area (TPSA) is 77.4 Å². The van der Waals surface area contributed by atoms with Gasteiger partial charge < -0.3 is 10.1 Å². The predicted molar refractivity (Wildman–Crippen MR) is 124 cm³/mol. The van der Waals surface area contributed by atoms with E-state index < -0.39 is 9.84 Å². The standard InChI is InChI=1S/C22H28N2O4S2/c1-2-24-21-19(10-6-11-20(21)29-22(24)25)23-13-17-30(26,27)16-7-14-28-15-12-18-8-4-3-5-9-18/h3-6,8-11,23H,2,7,12-17H2,1H3. The Morgan fingerprint density at radius 3 is 2.60 bits per heavy atom. The average molecular weight is 449 g/mol. The summed E-state index contributed by atoms with van der Waals surface area (Å²) in [5.41, 5.74) is 2.86. The SMILES string of the molecule is CCn1c(=O)sc2cccc(NCCS(=O)(=O)CCCOCCc3ccccc3)c21. The minimum Gasteiger partial charge on any atom is -0.382 e. The zero-order valence-corrected chi connectivity index (χ0v) is 18.8. The summed E-state index contributed by atoms with van der Waals surface area (Å²) in [5.74, 6) is 0.163. The number of para-hydroxylation sites is 1. The van der Waals surface area contributed by atoms with E-state index in [4.69, 9.17) is 4.74 Å². The van der Waals surface area contributed by atoms with Gasteiger partial charge in [0.2, 0.25) is 0 Å². The summed E-state index contributed by atoms with van der Waals surface area (Å²) in [6, 6.07) is 15.7. The molecular formula is C22H28N2O4S2. The lowest BCUT2D eigenvalue weighted by atomic mass is 10.2. The molecule has 3 aromatic rings. The highest BCUT2D eigenvalue weighted by Gasteiger charge is 2.13. The number of anilines is 1. The molecule has 2 aromatic carbocycles. The van der Waals surface area contributed by atoms with Crippen LogP contribution in [0.25, 0.3) is 10.2 Å². The molecule has 1 heterocycles. The molecule has 1 aromatic heterocycles. The second kappa shape index (κ2) is 10.7. The molecule has 0 atom stereocenters. The van der Waals surface area contributed by atoms with E-state index in [1.807, 2.05) is 43.3 Å². The lowest BCUT2D eigenvalue weighted by Gasteiger charge is -2.10. The summed E-state index contributed by atoms with van der Waals surface area (Å²) in [6.07, 6.45) is 1.32. The number of hydrogen-bond donors (Lipinski definition) is 1. The molecule has 1 N–H and O–H groups in total. The van der Waals surface area contributed by atoms with Gasteiger partial charge in [0.25, 0.3) is 0 Å². The third kappa shape index (κ3) is 6.17. The van der Waals surface area contributed by atoms with E-state index in [9.17, 15) is 13.2 Å². The molecule has 0 aliphatic heterocycles. The first kappa shape index (κ1) is 22.5. The van der Waals surface area contributed by atoms with Crippen molar-refractivity contribution in [2.24, 2.45) is 0 Å². The number of aryl methyl sites for hydroxylation is 1. The number of benzene rings is 2. The zero-order valence-electron chi connectivity index (χ0n) is 17.2. The van der Waals surface area contributed by atoms with Crippen molar-refractivity contribution in [1.82, 2.24) is 4.57 Å². The average Bonchev–Trinajstić information content (AvgIpc) is 3.07. The van der Waals surface area contributed by atoms with Gasteiger partial charge in [0.05, 0.1) is 34.0 Å². The van der Waals surface area contributed by atoms with E-state index in [0.717, 1.165) is 22.3 Å². The second-order valence-corrected chi connectivity index (χ2v) is 10.3. The zero-order chi connectivity index (χ0) is 21.4. The monoisotopic (exact) mass is 448 g/mol. The number of rotatable bonds is 12. The van der Waals surface area contributed by atoms with Gasteiger partial charge in [-0.3, -0.25) is 9.36 Å². The lowest BCUT2D eigenvalue weighted by Crippen LogP contribution is -2.20. The van der Waals surface area contributed by atoms with Crippen molar-refractivity contribution in [3.8, 4) is 0 Å². The molecule has 3 rings (SSSR count).